The summed E-state index contributed by atoms with van der Waals surface area (Å²) >= 11 is 17.0. The Bertz CT molecular complexity index is 762. The van der Waals surface area contributed by atoms with Crippen LogP contribution in [0.4, 0.5) is 10.5 Å². The highest BCUT2D eigenvalue weighted by Gasteiger charge is 2.33. The van der Waals surface area contributed by atoms with Crippen LogP contribution in [-0.2, 0) is 4.74 Å². The van der Waals surface area contributed by atoms with Crippen molar-refractivity contribution in [2.24, 2.45) is 0 Å². The normalized spacial score (nSPS) is 17.2. The molecule has 2 rings (SSSR count). The fraction of sp³-hybridized carbons (Fsp3) is 0.556. The number of rotatable bonds is 7. The predicted molar refractivity (Wildman–Crippen MR) is 111 cm³/mol. The van der Waals surface area contributed by atoms with Gasteiger partial charge in [0.1, 0.15) is 11.5 Å². The molecule has 2 amide bonds. The van der Waals surface area contributed by atoms with Gasteiger partial charge in [-0.1, -0.05) is 34.8 Å². The lowest BCUT2D eigenvalue weighted by Gasteiger charge is -2.26. The highest BCUT2D eigenvalue weighted by atomic mass is 35.5. The van der Waals surface area contributed by atoms with Gasteiger partial charge in [0.05, 0.1) is 38.1 Å². The standard InChI is InChI=1S/C18H23Cl3N2O6/c1-9-12(27-2)7-11(17(25)23-6-4-5-10(23)8-24)13(14(9)28-3)22-18(26)29-16(21)15(19)20/h7,10,15-16,24H,4-6,8H2,1-3H3,(H,22,26). The van der Waals surface area contributed by atoms with E-state index in [0.29, 0.717) is 24.3 Å². The number of amides is 2. The van der Waals surface area contributed by atoms with E-state index in [0.717, 1.165) is 6.42 Å². The van der Waals surface area contributed by atoms with Crippen LogP contribution < -0.4 is 14.8 Å². The maximum absolute atomic E-state index is 13.2. The molecule has 1 heterocycles. The summed E-state index contributed by atoms with van der Waals surface area (Å²) in [6.07, 6.45) is 0.490. The summed E-state index contributed by atoms with van der Waals surface area (Å²) in [4.78, 5) is 25.9. The van der Waals surface area contributed by atoms with E-state index in [1.807, 2.05) is 0 Å². The fourth-order valence-electron chi connectivity index (χ4n) is 3.23. The van der Waals surface area contributed by atoms with Crippen molar-refractivity contribution in [3.05, 3.63) is 17.2 Å². The summed E-state index contributed by atoms with van der Waals surface area (Å²) in [5.41, 5.74) is -0.507. The number of ether oxygens (including phenoxy) is 3. The van der Waals surface area contributed by atoms with Crippen molar-refractivity contribution in [1.82, 2.24) is 4.90 Å². The molecule has 1 aromatic rings. The number of aliphatic hydroxyl groups excluding tert-OH is 1. The van der Waals surface area contributed by atoms with Crippen LogP contribution in [0.15, 0.2) is 6.07 Å². The second-order valence-electron chi connectivity index (χ2n) is 6.35. The van der Waals surface area contributed by atoms with Gasteiger partial charge in [0.2, 0.25) is 5.56 Å². The number of hydrogen-bond acceptors (Lipinski definition) is 6. The molecule has 1 aliphatic rings. The number of anilines is 1. The van der Waals surface area contributed by atoms with Crippen molar-refractivity contribution >= 4 is 52.5 Å². The number of hydrogen-bond donors (Lipinski definition) is 2. The average Bonchev–Trinajstić information content (AvgIpc) is 3.16. The molecule has 29 heavy (non-hydrogen) atoms. The van der Waals surface area contributed by atoms with Crippen LogP contribution in [0.25, 0.3) is 0 Å². The first-order valence-electron chi connectivity index (χ1n) is 8.82. The first-order valence-corrected chi connectivity index (χ1v) is 10.1. The zero-order valence-corrected chi connectivity index (χ0v) is 18.5. The highest BCUT2D eigenvalue weighted by Crippen LogP contribution is 2.40. The molecule has 1 aromatic carbocycles. The third-order valence-corrected chi connectivity index (χ3v) is 5.69. The lowest BCUT2D eigenvalue weighted by molar-refractivity contribution is 0.0678. The number of carbonyl (C=O) groups is 2. The molecule has 2 N–H and O–H groups in total. The van der Waals surface area contributed by atoms with Crippen LogP contribution in [-0.4, -0.2) is 65.8 Å². The topological polar surface area (TPSA) is 97.3 Å². The highest BCUT2D eigenvalue weighted by molar-refractivity contribution is 6.48. The number of alkyl halides is 3. The predicted octanol–water partition coefficient (Wildman–Crippen LogP) is 3.53. The van der Waals surface area contributed by atoms with Gasteiger partial charge in [-0.25, -0.2) is 4.79 Å². The number of likely N-dealkylation sites (tertiary alicyclic amines) is 1. The molecule has 1 fully saturated rings. The maximum atomic E-state index is 13.2. The van der Waals surface area contributed by atoms with Crippen LogP contribution >= 0.6 is 34.8 Å². The van der Waals surface area contributed by atoms with Crippen LogP contribution in [0.2, 0.25) is 0 Å². The summed E-state index contributed by atoms with van der Waals surface area (Å²) in [6, 6.07) is 1.20. The zero-order valence-electron chi connectivity index (χ0n) is 16.2. The van der Waals surface area contributed by atoms with Crippen LogP contribution in [0, 0.1) is 6.92 Å². The van der Waals surface area contributed by atoms with Gasteiger partial charge in [0.25, 0.3) is 5.91 Å². The Kier molecular flexibility index (Phi) is 8.51. The molecule has 0 spiro atoms. The number of methoxy groups -OCH3 is 2. The molecule has 0 aromatic heterocycles. The molecule has 8 nitrogen and oxygen atoms in total. The fourth-order valence-corrected chi connectivity index (χ4v) is 3.41. The van der Waals surface area contributed by atoms with Crippen LogP contribution in [0.1, 0.15) is 28.8 Å². The SMILES string of the molecule is COc1cc(C(=O)N2CCCC2CO)c(NC(=O)OC(Cl)C(Cl)Cl)c(OC)c1C. The van der Waals surface area contributed by atoms with E-state index in [2.05, 4.69) is 5.32 Å². The van der Waals surface area contributed by atoms with Gasteiger partial charge in [0.15, 0.2) is 4.84 Å². The smallest absolute Gasteiger partial charge is 0.413 e. The molecule has 0 aliphatic carbocycles. The first-order chi connectivity index (χ1) is 13.7. The number of benzene rings is 1. The largest absolute Gasteiger partial charge is 0.496 e. The molecule has 162 valence electrons. The number of aliphatic hydroxyl groups is 1. The Balaban J connectivity index is 2.48. The van der Waals surface area contributed by atoms with Gasteiger partial charge in [-0.3, -0.25) is 10.1 Å². The van der Waals surface area contributed by atoms with Gasteiger partial charge in [-0.15, -0.1) is 0 Å². The summed E-state index contributed by atoms with van der Waals surface area (Å²) < 4.78 is 15.7. The minimum absolute atomic E-state index is 0.0916. The van der Waals surface area contributed by atoms with E-state index >= 15 is 0 Å². The maximum Gasteiger partial charge on any atom is 0.413 e. The van der Waals surface area contributed by atoms with Gasteiger partial charge in [0, 0.05) is 12.1 Å². The quantitative estimate of drug-likeness (QED) is 0.593. The summed E-state index contributed by atoms with van der Waals surface area (Å²) in [7, 11) is 2.86. The number of nitrogens with zero attached hydrogens (tertiary/aromatic N) is 1. The second kappa shape index (κ2) is 10.4. The minimum atomic E-state index is -1.29. The van der Waals surface area contributed by atoms with E-state index in [1.54, 1.807) is 11.8 Å². The number of nitrogens with one attached hydrogen (secondary N) is 1. The number of carbonyl (C=O) groups excluding carboxylic acids is 2. The Morgan fingerprint density at radius 2 is 2.00 bits per heavy atom. The minimum Gasteiger partial charge on any atom is -0.496 e. The second-order valence-corrected chi connectivity index (χ2v) is 7.95. The molecule has 2 atom stereocenters. The number of halogens is 3. The molecule has 0 bridgehead atoms. The molecule has 2 unspecified atom stereocenters. The summed E-state index contributed by atoms with van der Waals surface area (Å²) in [6.45, 7) is 2.04. The Labute approximate surface area is 183 Å². The van der Waals surface area contributed by atoms with E-state index in [1.165, 1.54) is 20.3 Å². The lowest BCUT2D eigenvalue weighted by Crippen LogP contribution is -2.38. The van der Waals surface area contributed by atoms with E-state index in [9.17, 15) is 14.7 Å². The van der Waals surface area contributed by atoms with Gasteiger partial charge in [-0.05, 0) is 25.8 Å². The molecule has 1 saturated heterocycles. The van der Waals surface area contributed by atoms with Crippen molar-refractivity contribution in [3.8, 4) is 11.5 Å². The third-order valence-electron chi connectivity index (χ3n) is 4.63. The monoisotopic (exact) mass is 468 g/mol. The van der Waals surface area contributed by atoms with Crippen molar-refractivity contribution in [2.75, 3.05) is 32.7 Å². The molecular formula is C18H23Cl3N2O6. The van der Waals surface area contributed by atoms with E-state index in [4.69, 9.17) is 49.0 Å². The van der Waals surface area contributed by atoms with Crippen LogP contribution in [0.5, 0.6) is 11.5 Å². The van der Waals surface area contributed by atoms with E-state index in [-0.39, 0.29) is 35.6 Å². The summed E-state index contributed by atoms with van der Waals surface area (Å²) in [5, 5.41) is 12.1. The zero-order chi connectivity index (χ0) is 21.7. The van der Waals surface area contributed by atoms with Crippen molar-refractivity contribution in [2.45, 2.75) is 36.2 Å². The molecule has 0 saturated carbocycles. The lowest BCUT2D eigenvalue weighted by atomic mass is 10.0. The third kappa shape index (κ3) is 5.31. The Morgan fingerprint density at radius 3 is 2.55 bits per heavy atom. The van der Waals surface area contributed by atoms with Gasteiger partial charge < -0.3 is 24.2 Å². The van der Waals surface area contributed by atoms with Gasteiger partial charge >= 0.3 is 6.09 Å². The Hall–Kier alpha value is -1.61. The first kappa shape index (κ1) is 23.7. The van der Waals surface area contributed by atoms with Crippen molar-refractivity contribution < 1.29 is 28.9 Å². The van der Waals surface area contributed by atoms with Crippen molar-refractivity contribution in [3.63, 3.8) is 0 Å². The van der Waals surface area contributed by atoms with Gasteiger partial charge in [-0.2, -0.15) is 0 Å². The molecular weight excluding hydrogens is 447 g/mol. The van der Waals surface area contributed by atoms with Crippen molar-refractivity contribution in [1.29, 1.82) is 0 Å². The summed E-state index contributed by atoms with van der Waals surface area (Å²) in [5.74, 6) is 0.243. The molecule has 0 radical (unpaired) electrons. The Morgan fingerprint density at radius 1 is 1.31 bits per heavy atom. The van der Waals surface area contributed by atoms with E-state index < -0.39 is 16.5 Å². The van der Waals surface area contributed by atoms with Crippen LogP contribution in [0.3, 0.4) is 0 Å². The molecule has 1 aliphatic heterocycles. The molecule has 11 heteroatoms. The average molecular weight is 470 g/mol.